The topological polar surface area (TPSA) is 79.7 Å². The second-order valence-electron chi connectivity index (χ2n) is 7.31. The fourth-order valence-corrected chi connectivity index (χ4v) is 3.52. The second kappa shape index (κ2) is 10.9. The average Bonchev–Trinajstić information content (AvgIpc) is 2.73. The molecule has 2 atom stereocenters. The third kappa shape index (κ3) is 7.36. The highest BCUT2D eigenvalue weighted by Crippen LogP contribution is 2.25. The van der Waals surface area contributed by atoms with Gasteiger partial charge in [0.25, 0.3) is 5.91 Å². The minimum Gasteiger partial charge on any atom is -0.475 e. The number of benzene rings is 1. The number of hydrogen-bond acceptors (Lipinski definition) is 4. The Labute approximate surface area is 178 Å². The summed E-state index contributed by atoms with van der Waals surface area (Å²) in [5, 5.41) is 7.12. The number of rotatable bonds is 4. The third-order valence-corrected chi connectivity index (χ3v) is 5.00. The molecule has 1 aromatic heterocycles. The minimum atomic E-state index is -5.08. The van der Waals surface area contributed by atoms with Crippen molar-refractivity contribution >= 4 is 11.9 Å². The molecule has 0 bridgehead atoms. The van der Waals surface area contributed by atoms with Gasteiger partial charge in [0.05, 0.1) is 6.10 Å². The largest absolute Gasteiger partial charge is 0.490 e. The van der Waals surface area contributed by atoms with Gasteiger partial charge >= 0.3 is 12.1 Å². The molecule has 0 unspecified atom stereocenters. The van der Waals surface area contributed by atoms with Crippen molar-refractivity contribution in [2.24, 2.45) is 5.92 Å². The molecule has 1 aromatic carbocycles. The summed E-state index contributed by atoms with van der Waals surface area (Å²) in [6.45, 7) is 3.58. The zero-order valence-corrected chi connectivity index (χ0v) is 17.3. The Morgan fingerprint density at radius 3 is 2.42 bits per heavy atom. The molecule has 0 radical (unpaired) electrons. The zero-order valence-electron chi connectivity index (χ0n) is 17.3. The quantitative estimate of drug-likeness (QED) is 0.787. The number of alkyl halides is 3. The van der Waals surface area contributed by atoms with E-state index in [1.54, 1.807) is 31.6 Å². The van der Waals surface area contributed by atoms with Gasteiger partial charge in [-0.2, -0.15) is 13.2 Å². The number of aryl methyl sites for hydroxylation is 1. The number of carboxylic acid groups (broad SMARTS) is 1. The summed E-state index contributed by atoms with van der Waals surface area (Å²) < 4.78 is 37.4. The molecule has 1 amide bonds. The van der Waals surface area contributed by atoms with Crippen LogP contribution in [0.25, 0.3) is 0 Å². The van der Waals surface area contributed by atoms with Crippen molar-refractivity contribution in [2.45, 2.75) is 32.0 Å². The number of ether oxygens (including phenoxy) is 1. The van der Waals surface area contributed by atoms with E-state index in [1.807, 2.05) is 4.90 Å². The molecule has 1 fully saturated rings. The van der Waals surface area contributed by atoms with Gasteiger partial charge in [0.2, 0.25) is 0 Å². The number of amides is 1. The van der Waals surface area contributed by atoms with Gasteiger partial charge < -0.3 is 14.7 Å². The number of carbonyl (C=O) groups is 2. The number of hydrogen-bond donors (Lipinski definition) is 1. The molecule has 9 heteroatoms. The van der Waals surface area contributed by atoms with Gasteiger partial charge in [-0.15, -0.1) is 0 Å². The van der Waals surface area contributed by atoms with Crippen LogP contribution < -0.4 is 0 Å². The predicted octanol–water partition coefficient (Wildman–Crippen LogP) is 3.74. The average molecular weight is 438 g/mol. The van der Waals surface area contributed by atoms with Gasteiger partial charge in [-0.3, -0.25) is 9.78 Å². The molecule has 3 rings (SSSR count). The lowest BCUT2D eigenvalue weighted by atomic mass is 9.88. The fourth-order valence-electron chi connectivity index (χ4n) is 3.52. The molecule has 1 saturated heterocycles. The van der Waals surface area contributed by atoms with Crippen molar-refractivity contribution in [3.05, 3.63) is 65.5 Å². The van der Waals surface area contributed by atoms with E-state index in [9.17, 15) is 18.0 Å². The van der Waals surface area contributed by atoms with E-state index in [0.29, 0.717) is 11.5 Å². The standard InChI is InChI=1S/C20H24N2O2.C2HF3O2/c1-15-4-3-5-16(12-15)13-18-14-22(11-8-19(18)24-2)20(23)17-6-9-21-10-7-17;3-2(4,5)1(6)7/h3-7,9-10,12,18-19H,8,11,13-14H2,1-2H3;(H,6,7)/t18-,19-;/m0./s1. The molecular weight excluding hydrogens is 413 g/mol. The summed E-state index contributed by atoms with van der Waals surface area (Å²) in [6, 6.07) is 12.1. The summed E-state index contributed by atoms with van der Waals surface area (Å²) in [6.07, 6.45) is 0.259. The number of aromatic nitrogens is 1. The van der Waals surface area contributed by atoms with E-state index >= 15 is 0 Å². The third-order valence-electron chi connectivity index (χ3n) is 5.00. The Hall–Kier alpha value is -2.94. The summed E-state index contributed by atoms with van der Waals surface area (Å²) >= 11 is 0. The first-order valence-electron chi connectivity index (χ1n) is 9.69. The predicted molar refractivity (Wildman–Crippen MR) is 108 cm³/mol. The molecule has 31 heavy (non-hydrogen) atoms. The lowest BCUT2D eigenvalue weighted by Crippen LogP contribution is -2.47. The Morgan fingerprint density at radius 2 is 1.87 bits per heavy atom. The van der Waals surface area contributed by atoms with E-state index < -0.39 is 12.1 Å². The van der Waals surface area contributed by atoms with Gasteiger partial charge in [0.15, 0.2) is 0 Å². The van der Waals surface area contributed by atoms with Crippen molar-refractivity contribution in [2.75, 3.05) is 20.2 Å². The number of carboxylic acids is 1. The highest BCUT2D eigenvalue weighted by molar-refractivity contribution is 5.94. The normalized spacial score (nSPS) is 18.7. The van der Waals surface area contributed by atoms with Gasteiger partial charge in [0.1, 0.15) is 0 Å². The number of nitrogens with zero attached hydrogens (tertiary/aromatic N) is 2. The van der Waals surface area contributed by atoms with Crippen LogP contribution in [0.5, 0.6) is 0 Å². The van der Waals surface area contributed by atoms with E-state index in [1.165, 1.54) is 11.1 Å². The second-order valence-corrected chi connectivity index (χ2v) is 7.31. The van der Waals surface area contributed by atoms with E-state index in [-0.39, 0.29) is 12.0 Å². The lowest BCUT2D eigenvalue weighted by Gasteiger charge is -2.38. The van der Waals surface area contributed by atoms with Gasteiger partial charge in [-0.1, -0.05) is 29.8 Å². The summed E-state index contributed by atoms with van der Waals surface area (Å²) in [4.78, 5) is 27.5. The fraction of sp³-hybridized carbons (Fsp3) is 0.409. The molecule has 0 aliphatic carbocycles. The van der Waals surface area contributed by atoms with Crippen LogP contribution in [0.1, 0.15) is 27.9 Å². The number of pyridine rings is 1. The first-order valence-corrected chi connectivity index (χ1v) is 9.69. The maximum Gasteiger partial charge on any atom is 0.490 e. The van der Waals surface area contributed by atoms with Crippen LogP contribution in [0.3, 0.4) is 0 Å². The number of halogens is 3. The lowest BCUT2D eigenvalue weighted by molar-refractivity contribution is -0.192. The van der Waals surface area contributed by atoms with Gasteiger partial charge in [-0.25, -0.2) is 4.79 Å². The molecule has 2 heterocycles. The minimum absolute atomic E-state index is 0.0844. The van der Waals surface area contributed by atoms with E-state index in [0.717, 1.165) is 25.9 Å². The first kappa shape index (κ1) is 24.3. The Morgan fingerprint density at radius 1 is 1.23 bits per heavy atom. The van der Waals surface area contributed by atoms with Crippen LogP contribution in [-0.4, -0.2) is 59.3 Å². The zero-order chi connectivity index (χ0) is 23.0. The van der Waals surface area contributed by atoms with E-state index in [4.69, 9.17) is 14.6 Å². The highest BCUT2D eigenvalue weighted by atomic mass is 19.4. The van der Waals surface area contributed by atoms with Crippen LogP contribution in [0.15, 0.2) is 48.8 Å². The SMILES string of the molecule is CO[C@H]1CCN(C(=O)c2ccncc2)C[C@@H]1Cc1cccc(C)c1.O=C(O)C(F)(F)F. The monoisotopic (exact) mass is 438 g/mol. The van der Waals surface area contributed by atoms with Crippen molar-refractivity contribution in [3.8, 4) is 0 Å². The Balaban J connectivity index is 0.000000423. The van der Waals surface area contributed by atoms with Gasteiger partial charge in [-0.05, 0) is 37.5 Å². The smallest absolute Gasteiger partial charge is 0.475 e. The maximum atomic E-state index is 12.7. The van der Waals surface area contributed by atoms with E-state index in [2.05, 4.69) is 36.2 Å². The summed E-state index contributed by atoms with van der Waals surface area (Å²) in [5.41, 5.74) is 3.28. The van der Waals surface area contributed by atoms with Crippen LogP contribution in [-0.2, 0) is 16.0 Å². The number of aliphatic carboxylic acids is 1. The number of piperidine rings is 1. The molecule has 6 nitrogen and oxygen atoms in total. The van der Waals surface area contributed by atoms with Crippen LogP contribution in [0.2, 0.25) is 0 Å². The van der Waals surface area contributed by atoms with Crippen molar-refractivity contribution in [1.82, 2.24) is 9.88 Å². The molecule has 1 aliphatic rings. The Bertz CT molecular complexity index is 875. The number of carbonyl (C=O) groups excluding carboxylic acids is 1. The molecule has 168 valence electrons. The molecule has 0 saturated carbocycles. The van der Waals surface area contributed by atoms with Crippen molar-refractivity contribution in [3.63, 3.8) is 0 Å². The Kier molecular flexibility index (Phi) is 8.56. The van der Waals surface area contributed by atoms with Crippen molar-refractivity contribution < 1.29 is 32.6 Å². The number of likely N-dealkylation sites (tertiary alicyclic amines) is 1. The van der Waals surface area contributed by atoms with Crippen LogP contribution >= 0.6 is 0 Å². The summed E-state index contributed by atoms with van der Waals surface area (Å²) in [5.74, 6) is -2.36. The van der Waals surface area contributed by atoms with Gasteiger partial charge in [0, 0.05) is 44.1 Å². The molecular formula is C22H25F3N2O4. The van der Waals surface area contributed by atoms with Crippen molar-refractivity contribution in [1.29, 1.82) is 0 Å². The molecule has 2 aromatic rings. The number of methoxy groups -OCH3 is 1. The maximum absolute atomic E-state index is 12.7. The molecule has 0 spiro atoms. The highest BCUT2D eigenvalue weighted by Gasteiger charge is 2.38. The summed E-state index contributed by atoms with van der Waals surface area (Å²) in [7, 11) is 1.77. The van der Waals surface area contributed by atoms with Crippen LogP contribution in [0, 0.1) is 12.8 Å². The molecule has 1 aliphatic heterocycles. The van der Waals surface area contributed by atoms with Crippen LogP contribution in [0.4, 0.5) is 13.2 Å². The first-order chi connectivity index (χ1) is 14.6. The molecule has 1 N–H and O–H groups in total.